The zero-order valence-electron chi connectivity index (χ0n) is 25.5. The second-order valence-electron chi connectivity index (χ2n) is 12.1. The molecule has 2 saturated heterocycles. The highest BCUT2D eigenvalue weighted by atomic mass is 35.5. The molecule has 1 amide bonds. The third-order valence-electron chi connectivity index (χ3n) is 9.08. The van der Waals surface area contributed by atoms with Gasteiger partial charge in [0.25, 0.3) is 5.91 Å². The first kappa shape index (κ1) is 31.3. The molecule has 0 bridgehead atoms. The molecule has 1 aromatic heterocycles. The SMILES string of the molecule is [C-]#[N+]C[C@H]1CN(c2nc(OC[C@@H]3CCCN3C)nc3c2CP(C)(=O)N(c2cccc4cccc(Cl)c24)C3)CCN1C(=O)C(=C)F. The predicted octanol–water partition coefficient (Wildman–Crippen LogP) is 5.60. The molecule has 6 rings (SSSR count). The van der Waals surface area contributed by atoms with E-state index in [1.54, 1.807) is 6.66 Å². The summed E-state index contributed by atoms with van der Waals surface area (Å²) < 4.78 is 36.6. The number of carbonyl (C=O) groups is 1. The van der Waals surface area contributed by atoms with Gasteiger partial charge in [0.1, 0.15) is 18.5 Å². The summed E-state index contributed by atoms with van der Waals surface area (Å²) in [5.41, 5.74) is 2.23. The van der Waals surface area contributed by atoms with Crippen LogP contribution < -0.4 is 14.3 Å². The summed E-state index contributed by atoms with van der Waals surface area (Å²) in [6.45, 7) is 14.9. The van der Waals surface area contributed by atoms with Crippen molar-refractivity contribution in [3.05, 3.63) is 76.5 Å². The standard InChI is InChI=1S/C32H36ClFN7O3P/c1-21(34)31(42)40-15-14-39(17-24(40)16-35-2)30-25-20-45(4,43)41(28-12-6-9-22-8-5-11-26(33)29(22)28)18-27(25)36-32(37-30)44-19-23-10-7-13-38(23)3/h5-6,8-9,11-12,23-24H,1,7,10,13-20H2,3-4H3/t23-,24-,45?/m0/s1. The molecule has 1 unspecified atom stereocenters. The highest BCUT2D eigenvalue weighted by Crippen LogP contribution is 2.58. The summed E-state index contributed by atoms with van der Waals surface area (Å²) in [5.74, 6) is -1.28. The number of rotatable bonds is 7. The lowest BCUT2D eigenvalue weighted by molar-refractivity contribution is -0.131. The minimum atomic E-state index is -3.03. The molecular formula is C32H36ClFN7O3P. The molecule has 3 atom stereocenters. The van der Waals surface area contributed by atoms with Gasteiger partial charge in [-0.15, -0.1) is 0 Å². The summed E-state index contributed by atoms with van der Waals surface area (Å²) in [7, 11) is -0.952. The Morgan fingerprint density at radius 3 is 2.69 bits per heavy atom. The Bertz CT molecular complexity index is 1740. The number of likely N-dealkylation sites (N-methyl/N-ethyl adjacent to an activating group) is 1. The monoisotopic (exact) mass is 651 g/mol. The molecule has 236 valence electrons. The largest absolute Gasteiger partial charge is 0.462 e. The Balaban J connectivity index is 1.40. The van der Waals surface area contributed by atoms with Gasteiger partial charge in [-0.2, -0.15) is 9.97 Å². The number of fused-ring (bicyclic) bond motifs is 2. The number of likely N-dealkylation sites (tertiary alicyclic amines) is 1. The molecule has 3 aliphatic rings. The lowest BCUT2D eigenvalue weighted by atomic mass is 10.1. The van der Waals surface area contributed by atoms with Crippen LogP contribution in [0.15, 0.2) is 48.8 Å². The minimum absolute atomic E-state index is 0.00204. The first-order valence-electron chi connectivity index (χ1n) is 15.1. The molecular weight excluding hydrogens is 616 g/mol. The molecule has 2 aromatic carbocycles. The highest BCUT2D eigenvalue weighted by molar-refractivity contribution is 7.64. The maximum Gasteiger partial charge on any atom is 0.318 e. The number of amides is 1. The fourth-order valence-electron chi connectivity index (χ4n) is 6.68. The first-order chi connectivity index (χ1) is 21.6. The Morgan fingerprint density at radius 1 is 1.20 bits per heavy atom. The van der Waals surface area contributed by atoms with Crippen LogP contribution in [-0.4, -0.2) is 90.8 Å². The summed E-state index contributed by atoms with van der Waals surface area (Å²) >= 11 is 6.68. The van der Waals surface area contributed by atoms with Crippen LogP contribution in [0.3, 0.4) is 0 Å². The van der Waals surface area contributed by atoms with E-state index in [-0.39, 0.29) is 44.4 Å². The summed E-state index contributed by atoms with van der Waals surface area (Å²) in [6, 6.07) is 11.5. The third kappa shape index (κ3) is 6.11. The quantitative estimate of drug-likeness (QED) is 0.185. The van der Waals surface area contributed by atoms with Gasteiger partial charge in [-0.1, -0.05) is 42.4 Å². The van der Waals surface area contributed by atoms with E-state index in [2.05, 4.69) is 23.4 Å². The molecule has 0 N–H and O–H groups in total. The summed E-state index contributed by atoms with van der Waals surface area (Å²) in [6.07, 6.45) is 2.33. The molecule has 0 radical (unpaired) electrons. The number of anilines is 2. The van der Waals surface area contributed by atoms with Crippen LogP contribution in [0, 0.1) is 6.57 Å². The molecule has 0 saturated carbocycles. The van der Waals surface area contributed by atoms with E-state index in [0.29, 0.717) is 29.7 Å². The molecule has 3 aliphatic heterocycles. The zero-order valence-corrected chi connectivity index (χ0v) is 27.1. The molecule has 0 spiro atoms. The van der Waals surface area contributed by atoms with Crippen molar-refractivity contribution in [1.82, 2.24) is 19.8 Å². The average molecular weight is 652 g/mol. The van der Waals surface area contributed by atoms with Gasteiger partial charge in [0, 0.05) is 49.5 Å². The van der Waals surface area contributed by atoms with Crippen LogP contribution in [-0.2, 0) is 22.1 Å². The number of benzene rings is 2. The minimum Gasteiger partial charge on any atom is -0.462 e. The Labute approximate surface area is 267 Å². The maximum atomic E-state index is 14.6. The van der Waals surface area contributed by atoms with Crippen LogP contribution in [0.5, 0.6) is 6.01 Å². The number of nitrogens with zero attached hydrogens (tertiary/aromatic N) is 7. The molecule has 13 heteroatoms. The van der Waals surface area contributed by atoms with Gasteiger partial charge in [0.15, 0.2) is 13.1 Å². The van der Waals surface area contributed by atoms with Crippen LogP contribution in [0.2, 0.25) is 5.02 Å². The molecule has 10 nitrogen and oxygen atoms in total. The van der Waals surface area contributed by atoms with Crippen LogP contribution in [0.25, 0.3) is 15.6 Å². The Morgan fingerprint density at radius 2 is 1.98 bits per heavy atom. The van der Waals surface area contributed by atoms with E-state index in [1.165, 1.54) is 4.90 Å². The van der Waals surface area contributed by atoms with E-state index in [9.17, 15) is 13.8 Å². The van der Waals surface area contributed by atoms with Gasteiger partial charge >= 0.3 is 6.01 Å². The van der Waals surface area contributed by atoms with E-state index in [4.69, 9.17) is 32.9 Å². The lowest BCUT2D eigenvalue weighted by Crippen LogP contribution is -2.57. The second-order valence-corrected chi connectivity index (χ2v) is 15.4. The number of carbonyl (C=O) groups excluding carboxylic acids is 1. The van der Waals surface area contributed by atoms with Crippen molar-refractivity contribution in [2.75, 3.05) is 62.6 Å². The smallest absolute Gasteiger partial charge is 0.318 e. The fraction of sp³-hybridized carbons (Fsp3) is 0.438. The van der Waals surface area contributed by atoms with Crippen molar-refractivity contribution in [1.29, 1.82) is 0 Å². The number of piperazine rings is 1. The lowest BCUT2D eigenvalue weighted by Gasteiger charge is -2.42. The van der Waals surface area contributed by atoms with Crippen LogP contribution in [0.4, 0.5) is 15.9 Å². The normalized spacial score (nSPS) is 23.6. The van der Waals surface area contributed by atoms with Gasteiger partial charge < -0.3 is 33.5 Å². The van der Waals surface area contributed by atoms with Crippen LogP contribution >= 0.6 is 18.9 Å². The van der Waals surface area contributed by atoms with Crippen molar-refractivity contribution in [2.24, 2.45) is 0 Å². The van der Waals surface area contributed by atoms with Crippen molar-refractivity contribution in [3.63, 3.8) is 0 Å². The molecule has 45 heavy (non-hydrogen) atoms. The number of hydrogen-bond acceptors (Lipinski definition) is 7. The van der Waals surface area contributed by atoms with Gasteiger partial charge in [0.2, 0.25) is 6.54 Å². The van der Waals surface area contributed by atoms with Crippen molar-refractivity contribution in [3.8, 4) is 6.01 Å². The van der Waals surface area contributed by atoms with Gasteiger partial charge in [-0.3, -0.25) is 4.79 Å². The van der Waals surface area contributed by atoms with Gasteiger partial charge in [-0.25, -0.2) is 11.0 Å². The predicted molar refractivity (Wildman–Crippen MR) is 175 cm³/mol. The average Bonchev–Trinajstić information content (AvgIpc) is 3.43. The number of hydrogen-bond donors (Lipinski definition) is 0. The molecule has 4 heterocycles. The summed E-state index contributed by atoms with van der Waals surface area (Å²) in [5, 5.41) is 2.36. The van der Waals surface area contributed by atoms with E-state index in [0.717, 1.165) is 41.4 Å². The number of ether oxygens (including phenoxy) is 1. The van der Waals surface area contributed by atoms with E-state index in [1.807, 2.05) is 46.0 Å². The first-order valence-corrected chi connectivity index (χ1v) is 17.7. The van der Waals surface area contributed by atoms with Crippen molar-refractivity contribution in [2.45, 2.75) is 37.6 Å². The van der Waals surface area contributed by atoms with Gasteiger partial charge in [0.05, 0.1) is 22.9 Å². The molecule has 0 aliphatic carbocycles. The Kier molecular flexibility index (Phi) is 8.75. The topological polar surface area (TPSA) is 86.5 Å². The number of halogens is 2. The third-order valence-corrected chi connectivity index (χ3v) is 11.7. The zero-order chi connectivity index (χ0) is 31.9. The second kappa shape index (κ2) is 12.6. The maximum absolute atomic E-state index is 14.6. The molecule has 2 fully saturated rings. The Hall–Kier alpha value is -3.71. The highest BCUT2D eigenvalue weighted by Gasteiger charge is 2.40. The van der Waals surface area contributed by atoms with Crippen molar-refractivity contribution >= 4 is 47.1 Å². The number of aromatic nitrogens is 2. The van der Waals surface area contributed by atoms with E-state index < -0.39 is 25.1 Å². The fourth-order valence-corrected chi connectivity index (χ4v) is 9.10. The molecule has 3 aromatic rings. The van der Waals surface area contributed by atoms with E-state index >= 15 is 0 Å². The van der Waals surface area contributed by atoms with Crippen molar-refractivity contribution < 1.29 is 18.5 Å². The summed E-state index contributed by atoms with van der Waals surface area (Å²) in [4.78, 5) is 31.4. The van der Waals surface area contributed by atoms with Crippen LogP contribution in [0.1, 0.15) is 24.1 Å². The van der Waals surface area contributed by atoms with Gasteiger partial charge in [-0.05, 0) is 44.0 Å².